The zero-order chi connectivity index (χ0) is 25.0. The second kappa shape index (κ2) is 11.1. The summed E-state index contributed by atoms with van der Waals surface area (Å²) in [5, 5.41) is 0.746. The van der Waals surface area contributed by atoms with Crippen LogP contribution < -0.4 is 9.62 Å². The zero-order valence-electron chi connectivity index (χ0n) is 20.7. The molecular formula is C26H34N4O3S2. The maximum atomic E-state index is 13.2. The van der Waals surface area contributed by atoms with Crippen molar-refractivity contribution in [1.82, 2.24) is 14.3 Å². The van der Waals surface area contributed by atoms with E-state index in [1.165, 1.54) is 17.3 Å². The number of carbonyl (C=O) groups excluding carboxylic acids is 1. The van der Waals surface area contributed by atoms with Gasteiger partial charge in [-0.1, -0.05) is 56.7 Å². The minimum absolute atomic E-state index is 0.0601. The Labute approximate surface area is 212 Å². The lowest BCUT2D eigenvalue weighted by atomic mass is 10.1. The van der Waals surface area contributed by atoms with E-state index in [0.29, 0.717) is 12.1 Å². The van der Waals surface area contributed by atoms with Gasteiger partial charge in [0, 0.05) is 24.8 Å². The summed E-state index contributed by atoms with van der Waals surface area (Å²) in [5.41, 5.74) is 3.72. The minimum atomic E-state index is -3.58. The van der Waals surface area contributed by atoms with E-state index in [0.717, 1.165) is 55.0 Å². The number of nitrogens with zero attached hydrogens (tertiary/aromatic N) is 3. The van der Waals surface area contributed by atoms with Crippen LogP contribution in [-0.2, 0) is 27.8 Å². The Bertz CT molecular complexity index is 1300. The Morgan fingerprint density at radius 1 is 1.14 bits per heavy atom. The van der Waals surface area contributed by atoms with Gasteiger partial charge >= 0.3 is 0 Å². The number of carbonyl (C=O) groups is 1. The van der Waals surface area contributed by atoms with Crippen LogP contribution in [0, 0.1) is 0 Å². The largest absolute Gasteiger partial charge is 0.319 e. The molecule has 1 aliphatic rings. The number of amides is 1. The van der Waals surface area contributed by atoms with Crippen molar-refractivity contribution in [3.63, 3.8) is 0 Å². The van der Waals surface area contributed by atoms with Crippen molar-refractivity contribution in [3.05, 3.63) is 48.0 Å². The SMILES string of the molecule is CCCCNS(=O)(=O)c1ccc2c(c1)nc(SCC(=O)N1c3ccccc3C[C@@H]1C)n2CCCC. The molecule has 3 aromatic rings. The molecular weight excluding hydrogens is 480 g/mol. The Balaban J connectivity index is 1.57. The first-order valence-corrected chi connectivity index (χ1v) is 14.8. The monoisotopic (exact) mass is 514 g/mol. The highest BCUT2D eigenvalue weighted by molar-refractivity contribution is 7.99. The molecule has 2 heterocycles. The Hall–Kier alpha value is -2.36. The molecule has 2 aromatic carbocycles. The number of unbranched alkanes of at least 4 members (excludes halogenated alkanes) is 2. The molecule has 7 nitrogen and oxygen atoms in total. The molecule has 188 valence electrons. The average Bonchev–Trinajstić information content (AvgIpc) is 3.37. The quantitative estimate of drug-likeness (QED) is 0.288. The number of sulfonamides is 1. The molecule has 0 fully saturated rings. The molecule has 0 unspecified atom stereocenters. The van der Waals surface area contributed by atoms with E-state index in [9.17, 15) is 13.2 Å². The highest BCUT2D eigenvalue weighted by Gasteiger charge is 2.30. The molecule has 1 atom stereocenters. The molecule has 0 saturated heterocycles. The predicted octanol–water partition coefficient (Wildman–Crippen LogP) is 4.98. The molecule has 0 radical (unpaired) electrons. The average molecular weight is 515 g/mol. The molecule has 1 aromatic heterocycles. The summed E-state index contributed by atoms with van der Waals surface area (Å²) in [4.78, 5) is 20.1. The number of benzene rings is 2. The van der Waals surface area contributed by atoms with Crippen molar-refractivity contribution < 1.29 is 13.2 Å². The number of rotatable bonds is 11. The standard InChI is InChI=1S/C26H34N4O3S2/c1-4-6-14-27-35(32,33)21-12-13-24-22(17-21)28-26(29(24)15-7-5-2)34-18-25(31)30-19(3)16-20-10-8-9-11-23(20)30/h8-13,17,19,27H,4-7,14-16,18H2,1-3H3/t19-/m0/s1. The van der Waals surface area contributed by atoms with Crippen LogP contribution in [0.4, 0.5) is 5.69 Å². The maximum absolute atomic E-state index is 13.2. The summed E-state index contributed by atoms with van der Waals surface area (Å²) in [6.45, 7) is 7.43. The van der Waals surface area contributed by atoms with Crippen LogP contribution in [0.3, 0.4) is 0 Å². The van der Waals surface area contributed by atoms with Crippen LogP contribution in [0.2, 0.25) is 0 Å². The fraction of sp³-hybridized carbons (Fsp3) is 0.462. The Morgan fingerprint density at radius 3 is 2.69 bits per heavy atom. The molecule has 0 bridgehead atoms. The molecule has 4 rings (SSSR count). The predicted molar refractivity (Wildman–Crippen MR) is 143 cm³/mol. The lowest BCUT2D eigenvalue weighted by molar-refractivity contribution is -0.116. The van der Waals surface area contributed by atoms with Gasteiger partial charge in [0.1, 0.15) is 0 Å². The maximum Gasteiger partial charge on any atom is 0.240 e. The topological polar surface area (TPSA) is 84.3 Å². The molecule has 1 N–H and O–H groups in total. The van der Waals surface area contributed by atoms with Crippen molar-refractivity contribution >= 4 is 44.4 Å². The molecule has 1 aliphatic heterocycles. The van der Waals surface area contributed by atoms with Crippen molar-refractivity contribution in [1.29, 1.82) is 0 Å². The van der Waals surface area contributed by atoms with E-state index in [1.54, 1.807) is 12.1 Å². The van der Waals surface area contributed by atoms with E-state index in [4.69, 9.17) is 4.98 Å². The number of fused-ring (bicyclic) bond motifs is 2. The van der Waals surface area contributed by atoms with Gasteiger partial charge in [0.2, 0.25) is 15.9 Å². The number of imidazole rings is 1. The summed E-state index contributed by atoms with van der Waals surface area (Å²) in [6.07, 6.45) is 4.58. The number of thioether (sulfide) groups is 1. The molecule has 0 saturated carbocycles. The first kappa shape index (κ1) is 25.7. The van der Waals surface area contributed by atoms with Crippen LogP contribution in [0.25, 0.3) is 11.0 Å². The summed E-state index contributed by atoms with van der Waals surface area (Å²) in [5.74, 6) is 0.336. The van der Waals surface area contributed by atoms with Crippen molar-refractivity contribution in [3.8, 4) is 0 Å². The summed E-state index contributed by atoms with van der Waals surface area (Å²) >= 11 is 1.42. The van der Waals surface area contributed by atoms with Gasteiger partial charge in [0.25, 0.3) is 0 Å². The second-order valence-electron chi connectivity index (χ2n) is 9.04. The third-order valence-electron chi connectivity index (χ3n) is 6.35. The summed E-state index contributed by atoms with van der Waals surface area (Å²) in [7, 11) is -3.58. The number of hydrogen-bond donors (Lipinski definition) is 1. The van der Waals surface area contributed by atoms with Gasteiger partial charge in [-0.15, -0.1) is 0 Å². The van der Waals surface area contributed by atoms with Crippen LogP contribution >= 0.6 is 11.8 Å². The van der Waals surface area contributed by atoms with Crippen LogP contribution in [0.15, 0.2) is 52.5 Å². The first-order chi connectivity index (χ1) is 16.9. The van der Waals surface area contributed by atoms with Gasteiger partial charge < -0.3 is 9.47 Å². The molecule has 9 heteroatoms. The number of aromatic nitrogens is 2. The van der Waals surface area contributed by atoms with Gasteiger partial charge in [-0.05, 0) is 56.0 Å². The highest BCUT2D eigenvalue weighted by atomic mass is 32.2. The number of anilines is 1. The molecule has 0 spiro atoms. The first-order valence-electron chi connectivity index (χ1n) is 12.4. The van der Waals surface area contributed by atoms with E-state index in [-0.39, 0.29) is 22.6 Å². The van der Waals surface area contributed by atoms with E-state index < -0.39 is 10.0 Å². The normalized spacial score (nSPS) is 15.6. The number of hydrogen-bond acceptors (Lipinski definition) is 5. The third-order valence-corrected chi connectivity index (χ3v) is 8.77. The van der Waals surface area contributed by atoms with Gasteiger partial charge in [0.15, 0.2) is 5.16 Å². The lowest BCUT2D eigenvalue weighted by Crippen LogP contribution is -2.37. The van der Waals surface area contributed by atoms with Gasteiger partial charge in [-0.2, -0.15) is 0 Å². The van der Waals surface area contributed by atoms with Crippen LogP contribution in [0.5, 0.6) is 0 Å². The number of aryl methyl sites for hydroxylation is 1. The third kappa shape index (κ3) is 5.57. The van der Waals surface area contributed by atoms with Gasteiger partial charge in [-0.25, -0.2) is 18.1 Å². The Kier molecular flexibility index (Phi) is 8.19. The summed E-state index contributed by atoms with van der Waals surface area (Å²) in [6, 6.07) is 13.3. The van der Waals surface area contributed by atoms with Crippen molar-refractivity contribution in [2.24, 2.45) is 0 Å². The van der Waals surface area contributed by atoms with E-state index in [2.05, 4.69) is 29.2 Å². The number of nitrogens with one attached hydrogen (secondary N) is 1. The fourth-order valence-corrected chi connectivity index (χ4v) is 6.50. The zero-order valence-corrected chi connectivity index (χ0v) is 22.3. The second-order valence-corrected chi connectivity index (χ2v) is 11.7. The summed E-state index contributed by atoms with van der Waals surface area (Å²) < 4.78 is 30.2. The van der Waals surface area contributed by atoms with Crippen LogP contribution in [-0.4, -0.2) is 42.2 Å². The van der Waals surface area contributed by atoms with E-state index >= 15 is 0 Å². The van der Waals surface area contributed by atoms with Crippen LogP contribution in [0.1, 0.15) is 52.0 Å². The molecule has 0 aliphatic carbocycles. The smallest absolute Gasteiger partial charge is 0.240 e. The number of para-hydroxylation sites is 1. The van der Waals surface area contributed by atoms with Gasteiger partial charge in [0.05, 0.1) is 21.7 Å². The Morgan fingerprint density at radius 2 is 1.91 bits per heavy atom. The van der Waals surface area contributed by atoms with E-state index in [1.807, 2.05) is 36.1 Å². The minimum Gasteiger partial charge on any atom is -0.319 e. The van der Waals surface area contributed by atoms with Gasteiger partial charge in [-0.3, -0.25) is 4.79 Å². The fourth-order valence-electron chi connectivity index (χ4n) is 4.51. The molecule has 35 heavy (non-hydrogen) atoms. The highest BCUT2D eigenvalue weighted by Crippen LogP contribution is 2.33. The van der Waals surface area contributed by atoms with Crippen molar-refractivity contribution in [2.75, 3.05) is 17.2 Å². The molecule has 1 amide bonds. The van der Waals surface area contributed by atoms with Crippen molar-refractivity contribution in [2.45, 2.75) is 75.5 Å². The lowest BCUT2D eigenvalue weighted by Gasteiger charge is -2.22.